The lowest BCUT2D eigenvalue weighted by molar-refractivity contribution is 0.412. The summed E-state index contributed by atoms with van der Waals surface area (Å²) in [6, 6.07) is 9.86. The van der Waals surface area contributed by atoms with Gasteiger partial charge < -0.3 is 10.5 Å². The number of anilines is 1. The first-order chi connectivity index (χ1) is 17.9. The first kappa shape index (κ1) is 23.1. The second-order valence-corrected chi connectivity index (χ2v) is 9.37. The third kappa shape index (κ3) is 3.62. The van der Waals surface area contributed by atoms with Crippen molar-refractivity contribution >= 4 is 27.8 Å². The summed E-state index contributed by atoms with van der Waals surface area (Å²) in [7, 11) is 1.63. The minimum absolute atomic E-state index is 0.0132. The predicted octanol–water partition coefficient (Wildman–Crippen LogP) is 4.58. The summed E-state index contributed by atoms with van der Waals surface area (Å²) in [5.74, 6) is 1.05. The highest BCUT2D eigenvalue weighted by atomic mass is 19.1. The van der Waals surface area contributed by atoms with Gasteiger partial charge in [-0.3, -0.25) is 9.36 Å². The maximum Gasteiger partial charge on any atom is 0.264 e. The second-order valence-electron chi connectivity index (χ2n) is 9.37. The number of hydrogen-bond donors (Lipinski definition) is 1. The van der Waals surface area contributed by atoms with Crippen LogP contribution in [0, 0.1) is 12.7 Å². The van der Waals surface area contributed by atoms with Crippen molar-refractivity contribution in [3.05, 3.63) is 70.3 Å². The molecule has 37 heavy (non-hydrogen) atoms. The quantitative estimate of drug-likeness (QED) is 0.364. The fraction of sp³-hybridized carbons (Fsp3) is 0.296. The zero-order valence-corrected chi connectivity index (χ0v) is 20.8. The Morgan fingerprint density at radius 2 is 2.00 bits per heavy atom. The molecule has 5 aromatic rings. The third-order valence-corrected chi connectivity index (χ3v) is 6.98. The highest BCUT2D eigenvalue weighted by Gasteiger charge is 2.33. The molecule has 10 heteroatoms. The lowest BCUT2D eigenvalue weighted by atomic mass is 10.1. The molecule has 2 aromatic carbocycles. The number of fused-ring (bicyclic) bond motifs is 2. The number of nitrogens with two attached hydrogens (primary N) is 1. The number of aryl methyl sites for hydroxylation is 1. The molecule has 1 aliphatic rings. The molecule has 0 aliphatic heterocycles. The first-order valence-electron chi connectivity index (χ1n) is 12.3. The van der Waals surface area contributed by atoms with Crippen LogP contribution in [0.4, 0.5) is 10.2 Å². The second kappa shape index (κ2) is 8.65. The summed E-state index contributed by atoms with van der Waals surface area (Å²) < 4.78 is 23.5. The Labute approximate surface area is 211 Å². The Balaban J connectivity index is 1.62. The van der Waals surface area contributed by atoms with Crippen molar-refractivity contribution in [2.45, 2.75) is 45.2 Å². The molecule has 3 heterocycles. The molecule has 1 unspecified atom stereocenters. The van der Waals surface area contributed by atoms with Crippen LogP contribution < -0.4 is 16.0 Å². The number of rotatable bonds is 6. The van der Waals surface area contributed by atoms with Gasteiger partial charge in [-0.1, -0.05) is 13.0 Å². The topological polar surface area (TPSA) is 114 Å². The highest BCUT2D eigenvalue weighted by molar-refractivity contribution is 5.98. The smallest absolute Gasteiger partial charge is 0.264 e. The molecule has 0 radical (unpaired) electrons. The van der Waals surface area contributed by atoms with Gasteiger partial charge in [-0.25, -0.2) is 24.0 Å². The van der Waals surface area contributed by atoms with Gasteiger partial charge in [0.2, 0.25) is 0 Å². The van der Waals surface area contributed by atoms with Crippen LogP contribution in [-0.4, -0.2) is 36.4 Å². The number of aromatic nitrogens is 6. The van der Waals surface area contributed by atoms with Crippen LogP contribution in [0.3, 0.4) is 0 Å². The molecule has 1 aliphatic carbocycles. The van der Waals surface area contributed by atoms with Crippen molar-refractivity contribution in [1.29, 1.82) is 0 Å². The fourth-order valence-electron chi connectivity index (χ4n) is 5.05. The van der Waals surface area contributed by atoms with E-state index in [1.807, 2.05) is 32.0 Å². The number of halogens is 1. The molecule has 2 N–H and O–H groups in total. The Kier molecular flexibility index (Phi) is 5.40. The van der Waals surface area contributed by atoms with Crippen LogP contribution in [0.5, 0.6) is 5.75 Å². The van der Waals surface area contributed by atoms with Gasteiger partial charge in [0.05, 0.1) is 18.0 Å². The molecule has 1 atom stereocenters. The average Bonchev–Trinajstić information content (AvgIpc) is 3.65. The monoisotopic (exact) mass is 499 g/mol. The summed E-state index contributed by atoms with van der Waals surface area (Å²) in [6.45, 7) is 3.96. The van der Waals surface area contributed by atoms with Gasteiger partial charge >= 0.3 is 0 Å². The SMILES string of the molecule is CCC(c1nc2cccc(F)c2c(=O)n1C1CC1)n1nc(-c2ccc(OC)c(C)c2)c2c(N)ncnc21. The van der Waals surface area contributed by atoms with Crippen LogP contribution in [0.25, 0.3) is 33.2 Å². The standard InChI is InChI=1S/C27H26FN7O2/c1-4-19(25-32-18-7-5-6-17(28)21(18)27(36)34(25)16-9-10-16)35-26-22(24(29)30-13-31-26)23(33-35)15-8-11-20(37-3)14(2)12-15/h5-8,11-13,16,19H,4,9-10H2,1-3H3,(H2,29,30,31). The normalized spacial score (nSPS) is 14.4. The van der Waals surface area contributed by atoms with Crippen LogP contribution in [0.1, 0.15) is 49.7 Å². The molecule has 0 saturated heterocycles. The number of methoxy groups -OCH3 is 1. The summed E-state index contributed by atoms with van der Waals surface area (Å²) in [5, 5.41) is 5.61. The zero-order chi connectivity index (χ0) is 25.8. The molecule has 0 amide bonds. The average molecular weight is 500 g/mol. The van der Waals surface area contributed by atoms with E-state index < -0.39 is 11.9 Å². The highest BCUT2D eigenvalue weighted by Crippen LogP contribution is 2.39. The predicted molar refractivity (Wildman–Crippen MR) is 139 cm³/mol. The molecule has 9 nitrogen and oxygen atoms in total. The number of nitrogens with zero attached hydrogens (tertiary/aromatic N) is 6. The van der Waals surface area contributed by atoms with E-state index >= 15 is 0 Å². The van der Waals surface area contributed by atoms with Crippen LogP contribution in [0.15, 0.2) is 47.5 Å². The van der Waals surface area contributed by atoms with Gasteiger partial charge in [-0.15, -0.1) is 0 Å². The third-order valence-electron chi connectivity index (χ3n) is 6.98. The molecule has 6 rings (SSSR count). The van der Waals surface area contributed by atoms with Crippen molar-refractivity contribution < 1.29 is 9.13 Å². The van der Waals surface area contributed by atoms with Gasteiger partial charge in [0, 0.05) is 11.6 Å². The number of nitrogen functional groups attached to an aromatic ring is 1. The lowest BCUT2D eigenvalue weighted by Crippen LogP contribution is -2.29. The van der Waals surface area contributed by atoms with Crippen molar-refractivity contribution in [3.63, 3.8) is 0 Å². The number of hydrogen-bond acceptors (Lipinski definition) is 7. The Morgan fingerprint density at radius 3 is 2.70 bits per heavy atom. The molecule has 0 spiro atoms. The Hall–Kier alpha value is -4.34. The van der Waals surface area contributed by atoms with Crippen molar-refractivity contribution in [2.24, 2.45) is 0 Å². The Morgan fingerprint density at radius 1 is 1.19 bits per heavy atom. The Bertz CT molecular complexity index is 1740. The van der Waals surface area contributed by atoms with Crippen molar-refractivity contribution in [1.82, 2.24) is 29.3 Å². The van der Waals surface area contributed by atoms with Gasteiger partial charge in [-0.05, 0) is 62.1 Å². The van der Waals surface area contributed by atoms with Gasteiger partial charge in [-0.2, -0.15) is 5.10 Å². The van der Waals surface area contributed by atoms with E-state index in [-0.39, 0.29) is 17.0 Å². The minimum Gasteiger partial charge on any atom is -0.496 e. The number of benzene rings is 2. The molecule has 1 saturated carbocycles. The zero-order valence-electron chi connectivity index (χ0n) is 20.8. The van der Waals surface area contributed by atoms with Crippen LogP contribution in [0.2, 0.25) is 0 Å². The van der Waals surface area contributed by atoms with Gasteiger partial charge in [0.1, 0.15) is 46.7 Å². The maximum absolute atomic E-state index is 14.7. The van der Waals surface area contributed by atoms with Crippen molar-refractivity contribution in [3.8, 4) is 17.0 Å². The van der Waals surface area contributed by atoms with Gasteiger partial charge in [0.15, 0.2) is 5.65 Å². The van der Waals surface area contributed by atoms with E-state index in [9.17, 15) is 9.18 Å². The van der Waals surface area contributed by atoms with E-state index in [2.05, 4.69) is 9.97 Å². The van der Waals surface area contributed by atoms with Crippen LogP contribution in [-0.2, 0) is 0 Å². The van der Waals surface area contributed by atoms with E-state index in [0.717, 1.165) is 29.7 Å². The molecule has 188 valence electrons. The van der Waals surface area contributed by atoms with E-state index in [1.165, 1.54) is 12.4 Å². The largest absolute Gasteiger partial charge is 0.496 e. The number of ether oxygens (including phenoxy) is 1. The maximum atomic E-state index is 14.7. The van der Waals surface area contributed by atoms with E-state index in [1.54, 1.807) is 28.5 Å². The van der Waals surface area contributed by atoms with Crippen molar-refractivity contribution in [2.75, 3.05) is 12.8 Å². The minimum atomic E-state index is -0.564. The fourth-order valence-corrected chi connectivity index (χ4v) is 5.05. The lowest BCUT2D eigenvalue weighted by Gasteiger charge is -2.21. The van der Waals surface area contributed by atoms with Gasteiger partial charge in [0.25, 0.3) is 5.56 Å². The summed E-state index contributed by atoms with van der Waals surface area (Å²) in [4.78, 5) is 27.1. The van der Waals surface area contributed by atoms with E-state index in [4.69, 9.17) is 20.6 Å². The molecular weight excluding hydrogens is 473 g/mol. The molecule has 3 aromatic heterocycles. The molecule has 0 bridgehead atoms. The van der Waals surface area contributed by atoms with Crippen LogP contribution >= 0.6 is 0 Å². The molecule has 1 fully saturated rings. The molecular formula is C27H26FN7O2. The summed E-state index contributed by atoms with van der Waals surface area (Å²) in [5.41, 5.74) is 9.26. The summed E-state index contributed by atoms with van der Waals surface area (Å²) >= 11 is 0. The first-order valence-corrected chi connectivity index (χ1v) is 12.3. The summed E-state index contributed by atoms with van der Waals surface area (Å²) in [6.07, 6.45) is 3.66. The van der Waals surface area contributed by atoms with E-state index in [0.29, 0.717) is 40.3 Å².